The number of benzene rings is 1. The highest BCUT2D eigenvalue weighted by Crippen LogP contribution is 2.10. The minimum absolute atomic E-state index is 0.0923. The maximum absolute atomic E-state index is 12.5. The molecule has 1 aliphatic heterocycles. The fourth-order valence-electron chi connectivity index (χ4n) is 3.59. The molecule has 0 saturated heterocycles. The number of amides is 7. The third-order valence-electron chi connectivity index (χ3n) is 5.84. The van der Waals surface area contributed by atoms with Crippen LogP contribution in [0.2, 0.25) is 0 Å². The standard InChI is InChI=1S/C24H32N4O6.C4H10N2O/c1-16(2)23(24(34)25-14-20(31)26-18-9-7-17(15-29)8-10-18)27-19(30)6-4-3-5-13-28-21(32)11-12-22(28)33;1-2-3-6-4(5)7/h7-12,16,23,29H,3-6,13-15H2,1-2H3,(H,25,34)(H,26,31)(H,27,30);2-3H2,1H3,(H3,5,6,7). The number of urea groups is 1. The molecule has 0 aromatic heterocycles. The number of imide groups is 1. The average molecular weight is 575 g/mol. The van der Waals surface area contributed by atoms with Crippen molar-refractivity contribution in [3.8, 4) is 0 Å². The Hall–Kier alpha value is -4.26. The van der Waals surface area contributed by atoms with Crippen LogP contribution >= 0.6 is 0 Å². The van der Waals surface area contributed by atoms with E-state index in [1.54, 1.807) is 38.1 Å². The van der Waals surface area contributed by atoms with E-state index >= 15 is 0 Å². The molecule has 0 bridgehead atoms. The first kappa shape index (κ1) is 34.8. The molecule has 1 atom stereocenters. The molecule has 13 heteroatoms. The monoisotopic (exact) mass is 574 g/mol. The molecule has 7 N–H and O–H groups in total. The summed E-state index contributed by atoms with van der Waals surface area (Å²) in [6.07, 6.45) is 5.43. The Labute approximate surface area is 240 Å². The van der Waals surface area contributed by atoms with E-state index < -0.39 is 23.9 Å². The number of primary amides is 1. The topological polar surface area (TPSA) is 200 Å². The first-order valence-electron chi connectivity index (χ1n) is 13.6. The van der Waals surface area contributed by atoms with Crippen molar-refractivity contribution >= 4 is 41.3 Å². The van der Waals surface area contributed by atoms with Gasteiger partial charge in [0, 0.05) is 37.3 Å². The van der Waals surface area contributed by atoms with Crippen molar-refractivity contribution in [2.24, 2.45) is 11.7 Å². The van der Waals surface area contributed by atoms with E-state index in [0.29, 0.717) is 38.0 Å². The molecule has 41 heavy (non-hydrogen) atoms. The van der Waals surface area contributed by atoms with E-state index in [0.717, 1.165) is 12.0 Å². The number of aliphatic hydroxyl groups is 1. The Morgan fingerprint density at radius 2 is 1.56 bits per heavy atom. The van der Waals surface area contributed by atoms with Crippen molar-refractivity contribution in [3.05, 3.63) is 42.0 Å². The van der Waals surface area contributed by atoms with Crippen LogP contribution in [-0.4, -0.2) is 71.2 Å². The van der Waals surface area contributed by atoms with Crippen LogP contribution in [0.3, 0.4) is 0 Å². The van der Waals surface area contributed by atoms with Crippen LogP contribution in [-0.2, 0) is 30.6 Å². The predicted octanol–water partition coefficient (Wildman–Crippen LogP) is 0.925. The zero-order valence-corrected chi connectivity index (χ0v) is 23.9. The molecule has 0 saturated carbocycles. The highest BCUT2D eigenvalue weighted by Gasteiger charge is 2.25. The molecule has 1 aliphatic rings. The Bertz CT molecular complexity index is 1050. The Kier molecular flexibility index (Phi) is 16.0. The summed E-state index contributed by atoms with van der Waals surface area (Å²) in [5, 5.41) is 19.4. The van der Waals surface area contributed by atoms with Gasteiger partial charge in [0.25, 0.3) is 11.8 Å². The lowest BCUT2D eigenvalue weighted by Crippen LogP contribution is -2.51. The van der Waals surface area contributed by atoms with Crippen LogP contribution in [0.15, 0.2) is 36.4 Å². The first-order valence-corrected chi connectivity index (χ1v) is 13.6. The summed E-state index contributed by atoms with van der Waals surface area (Å²) < 4.78 is 0. The third kappa shape index (κ3) is 14.1. The van der Waals surface area contributed by atoms with Crippen molar-refractivity contribution in [1.82, 2.24) is 20.9 Å². The number of nitrogens with two attached hydrogens (primary N) is 1. The predicted molar refractivity (Wildman–Crippen MR) is 153 cm³/mol. The minimum Gasteiger partial charge on any atom is -0.392 e. The number of nitrogens with zero attached hydrogens (tertiary/aromatic N) is 1. The van der Waals surface area contributed by atoms with Gasteiger partial charge in [0.15, 0.2) is 0 Å². The van der Waals surface area contributed by atoms with Crippen molar-refractivity contribution < 1.29 is 33.9 Å². The zero-order valence-electron chi connectivity index (χ0n) is 23.9. The maximum Gasteiger partial charge on any atom is 0.312 e. The smallest absolute Gasteiger partial charge is 0.312 e. The Morgan fingerprint density at radius 3 is 2.07 bits per heavy atom. The molecular formula is C28H42N6O7. The van der Waals surface area contributed by atoms with Crippen LogP contribution in [0.5, 0.6) is 0 Å². The second kappa shape index (κ2) is 18.9. The van der Waals surface area contributed by atoms with Crippen molar-refractivity contribution in [1.29, 1.82) is 0 Å². The number of carbonyl (C=O) groups excluding carboxylic acids is 6. The highest BCUT2D eigenvalue weighted by molar-refractivity contribution is 6.12. The van der Waals surface area contributed by atoms with Gasteiger partial charge in [0.2, 0.25) is 17.7 Å². The van der Waals surface area contributed by atoms with E-state index in [1.807, 2.05) is 6.92 Å². The van der Waals surface area contributed by atoms with Crippen LogP contribution < -0.4 is 27.0 Å². The average Bonchev–Trinajstić information content (AvgIpc) is 3.26. The Morgan fingerprint density at radius 1 is 0.927 bits per heavy atom. The van der Waals surface area contributed by atoms with E-state index in [1.165, 1.54) is 17.1 Å². The summed E-state index contributed by atoms with van der Waals surface area (Å²) in [6, 6.07) is 5.44. The molecule has 2 rings (SSSR count). The lowest BCUT2D eigenvalue weighted by Gasteiger charge is -2.21. The Balaban J connectivity index is 0.00000106. The lowest BCUT2D eigenvalue weighted by molar-refractivity contribution is -0.137. The van der Waals surface area contributed by atoms with Crippen molar-refractivity contribution in [3.63, 3.8) is 0 Å². The van der Waals surface area contributed by atoms with Gasteiger partial charge in [-0.15, -0.1) is 0 Å². The van der Waals surface area contributed by atoms with Gasteiger partial charge in [-0.05, 0) is 42.9 Å². The van der Waals surface area contributed by atoms with Crippen LogP contribution in [0.1, 0.15) is 58.4 Å². The minimum atomic E-state index is -0.782. The maximum atomic E-state index is 12.5. The molecular weight excluding hydrogens is 532 g/mol. The van der Waals surface area contributed by atoms with Gasteiger partial charge in [-0.25, -0.2) is 4.79 Å². The summed E-state index contributed by atoms with van der Waals surface area (Å²) in [5.74, 6) is -1.96. The fraction of sp³-hybridized carbons (Fsp3) is 0.500. The van der Waals surface area contributed by atoms with E-state index in [9.17, 15) is 28.8 Å². The SMILES string of the molecule is CC(C)C(NC(=O)CCCCCN1C(=O)C=CC1=O)C(=O)NCC(=O)Nc1ccc(CO)cc1.CCCNC(N)=O. The van der Waals surface area contributed by atoms with Gasteiger partial charge in [-0.3, -0.25) is 28.9 Å². The van der Waals surface area contributed by atoms with E-state index in [2.05, 4.69) is 21.3 Å². The summed E-state index contributed by atoms with van der Waals surface area (Å²) in [7, 11) is 0. The second-order valence-electron chi connectivity index (χ2n) is 9.67. The number of hydrogen-bond acceptors (Lipinski definition) is 7. The number of hydrogen-bond donors (Lipinski definition) is 6. The molecule has 1 heterocycles. The first-order chi connectivity index (χ1) is 19.5. The van der Waals surface area contributed by atoms with Crippen LogP contribution in [0.25, 0.3) is 0 Å². The summed E-state index contributed by atoms with van der Waals surface area (Å²) >= 11 is 0. The second-order valence-corrected chi connectivity index (χ2v) is 9.67. The summed E-state index contributed by atoms with van der Waals surface area (Å²) in [4.78, 5) is 71.0. The molecule has 13 nitrogen and oxygen atoms in total. The molecule has 0 spiro atoms. The number of aliphatic hydroxyl groups excluding tert-OH is 1. The van der Waals surface area contributed by atoms with E-state index in [4.69, 9.17) is 10.8 Å². The number of nitrogens with one attached hydrogen (secondary N) is 4. The fourth-order valence-corrected chi connectivity index (χ4v) is 3.59. The van der Waals surface area contributed by atoms with Crippen molar-refractivity contribution in [2.75, 3.05) is 25.0 Å². The molecule has 0 fully saturated rings. The van der Waals surface area contributed by atoms with Crippen molar-refractivity contribution in [2.45, 2.75) is 65.5 Å². The number of rotatable bonds is 15. The van der Waals surface area contributed by atoms with Crippen LogP contribution in [0, 0.1) is 5.92 Å². The zero-order chi connectivity index (χ0) is 30.8. The largest absolute Gasteiger partial charge is 0.392 e. The molecule has 1 unspecified atom stereocenters. The van der Waals surface area contributed by atoms with E-state index in [-0.39, 0.29) is 43.2 Å². The van der Waals surface area contributed by atoms with Gasteiger partial charge in [-0.2, -0.15) is 0 Å². The number of anilines is 1. The van der Waals surface area contributed by atoms with Gasteiger partial charge in [0.05, 0.1) is 13.2 Å². The molecule has 0 radical (unpaired) electrons. The van der Waals surface area contributed by atoms with Gasteiger partial charge >= 0.3 is 6.03 Å². The molecule has 1 aromatic carbocycles. The lowest BCUT2D eigenvalue weighted by atomic mass is 10.0. The summed E-state index contributed by atoms with van der Waals surface area (Å²) in [5.41, 5.74) is 5.99. The molecule has 226 valence electrons. The molecule has 1 aromatic rings. The third-order valence-corrected chi connectivity index (χ3v) is 5.84. The van der Waals surface area contributed by atoms with Crippen LogP contribution in [0.4, 0.5) is 10.5 Å². The number of unbranched alkanes of at least 4 members (excludes halogenated alkanes) is 2. The quantitative estimate of drug-likeness (QED) is 0.132. The summed E-state index contributed by atoms with van der Waals surface area (Å²) in [6.45, 7) is 6.21. The molecule has 0 aliphatic carbocycles. The normalized spacial score (nSPS) is 12.9. The number of carbonyl (C=O) groups is 6. The van der Waals surface area contributed by atoms with Gasteiger partial charge < -0.3 is 32.1 Å². The van der Waals surface area contributed by atoms with Gasteiger partial charge in [0.1, 0.15) is 6.04 Å². The molecule has 7 amide bonds. The highest BCUT2D eigenvalue weighted by atomic mass is 16.3. The van der Waals surface area contributed by atoms with Gasteiger partial charge in [-0.1, -0.05) is 39.3 Å².